The highest BCUT2D eigenvalue weighted by Crippen LogP contribution is 2.30. The maximum Gasteiger partial charge on any atom is 0.416 e. The second kappa shape index (κ2) is 5.53. The van der Waals surface area contributed by atoms with Crippen LogP contribution in [-0.4, -0.2) is 16.8 Å². The minimum atomic E-state index is -4.43. The van der Waals surface area contributed by atoms with E-state index in [0.29, 0.717) is 0 Å². The molecule has 2 nitrogen and oxygen atoms in total. The summed E-state index contributed by atoms with van der Waals surface area (Å²) >= 11 is 3.46. The number of hydrogen-bond acceptors (Lipinski definition) is 1. The smallest absolute Gasteiger partial charge is 0.348 e. The third-order valence-corrected chi connectivity index (χ3v) is 4.30. The monoisotopic (exact) mass is 335 g/mol. The summed E-state index contributed by atoms with van der Waals surface area (Å²) in [6, 6.07) is 4.47. The van der Waals surface area contributed by atoms with E-state index in [1.807, 2.05) is 0 Å². The fraction of sp³-hybridized carbons (Fsp3) is 0.462. The summed E-state index contributed by atoms with van der Waals surface area (Å²) in [7, 11) is 0. The van der Waals surface area contributed by atoms with E-state index in [9.17, 15) is 18.0 Å². The topological polar surface area (TPSA) is 29.1 Å². The SMILES string of the molecule is O=C(NC1CCCC1Br)c1cccc(C(F)(F)F)c1. The Kier molecular flexibility index (Phi) is 4.18. The van der Waals surface area contributed by atoms with Crippen molar-refractivity contribution in [3.05, 3.63) is 35.4 Å². The van der Waals surface area contributed by atoms with Crippen LogP contribution in [0.1, 0.15) is 35.2 Å². The fourth-order valence-corrected chi connectivity index (χ4v) is 2.89. The van der Waals surface area contributed by atoms with Crippen molar-refractivity contribution in [1.29, 1.82) is 0 Å². The lowest BCUT2D eigenvalue weighted by molar-refractivity contribution is -0.137. The molecule has 19 heavy (non-hydrogen) atoms. The molecule has 6 heteroatoms. The number of carbonyl (C=O) groups excluding carboxylic acids is 1. The Bertz CT molecular complexity index is 475. The molecule has 1 amide bonds. The summed E-state index contributed by atoms with van der Waals surface area (Å²) < 4.78 is 37.7. The molecule has 1 aromatic carbocycles. The second-order valence-electron chi connectivity index (χ2n) is 4.61. The van der Waals surface area contributed by atoms with Crippen molar-refractivity contribution in [2.24, 2.45) is 0 Å². The lowest BCUT2D eigenvalue weighted by atomic mass is 10.1. The Morgan fingerprint density at radius 1 is 1.32 bits per heavy atom. The van der Waals surface area contributed by atoms with Gasteiger partial charge < -0.3 is 5.32 Å². The van der Waals surface area contributed by atoms with Gasteiger partial charge in [0.15, 0.2) is 0 Å². The van der Waals surface area contributed by atoms with Gasteiger partial charge in [0.05, 0.1) is 5.56 Å². The number of amides is 1. The van der Waals surface area contributed by atoms with Crippen LogP contribution in [0, 0.1) is 0 Å². The summed E-state index contributed by atoms with van der Waals surface area (Å²) in [5, 5.41) is 2.77. The summed E-state index contributed by atoms with van der Waals surface area (Å²) in [5.41, 5.74) is -0.761. The lowest BCUT2D eigenvalue weighted by Crippen LogP contribution is -2.37. The van der Waals surface area contributed by atoms with Crippen molar-refractivity contribution in [1.82, 2.24) is 5.32 Å². The third kappa shape index (κ3) is 3.49. The van der Waals surface area contributed by atoms with Crippen LogP contribution in [0.15, 0.2) is 24.3 Å². The molecule has 0 bridgehead atoms. The van der Waals surface area contributed by atoms with Gasteiger partial charge in [-0.15, -0.1) is 0 Å². The van der Waals surface area contributed by atoms with Crippen molar-refractivity contribution in [3.8, 4) is 0 Å². The van der Waals surface area contributed by atoms with Gasteiger partial charge in [-0.05, 0) is 31.0 Å². The average molecular weight is 336 g/mol. The maximum atomic E-state index is 12.6. The van der Waals surface area contributed by atoms with Crippen LogP contribution in [0.5, 0.6) is 0 Å². The zero-order chi connectivity index (χ0) is 14.0. The Labute approximate surface area is 117 Å². The van der Waals surface area contributed by atoms with Crippen molar-refractivity contribution in [3.63, 3.8) is 0 Å². The van der Waals surface area contributed by atoms with Gasteiger partial charge in [-0.25, -0.2) is 0 Å². The van der Waals surface area contributed by atoms with Gasteiger partial charge in [0.25, 0.3) is 5.91 Å². The van der Waals surface area contributed by atoms with Crippen LogP contribution in [0.4, 0.5) is 13.2 Å². The Hall–Kier alpha value is -1.04. The van der Waals surface area contributed by atoms with E-state index in [-0.39, 0.29) is 16.4 Å². The molecule has 1 aliphatic rings. The first-order valence-corrected chi connectivity index (χ1v) is 6.91. The Balaban J connectivity index is 2.11. The van der Waals surface area contributed by atoms with E-state index in [1.54, 1.807) is 0 Å². The largest absolute Gasteiger partial charge is 0.416 e. The first kappa shape index (κ1) is 14.4. The molecule has 104 valence electrons. The highest BCUT2D eigenvalue weighted by atomic mass is 79.9. The summed E-state index contributed by atoms with van der Waals surface area (Å²) in [6.07, 6.45) is -1.61. The van der Waals surface area contributed by atoms with Gasteiger partial charge in [0.2, 0.25) is 0 Å². The van der Waals surface area contributed by atoms with Gasteiger partial charge in [0.1, 0.15) is 0 Å². The summed E-state index contributed by atoms with van der Waals surface area (Å²) in [4.78, 5) is 12.1. The van der Waals surface area contributed by atoms with Gasteiger partial charge in [-0.1, -0.05) is 28.4 Å². The molecule has 0 aromatic heterocycles. The highest BCUT2D eigenvalue weighted by Gasteiger charge is 2.31. The van der Waals surface area contributed by atoms with E-state index in [2.05, 4.69) is 21.2 Å². The van der Waals surface area contributed by atoms with Crippen molar-refractivity contribution >= 4 is 21.8 Å². The number of rotatable bonds is 2. The molecule has 1 aliphatic carbocycles. The minimum absolute atomic E-state index is 0.0120. The van der Waals surface area contributed by atoms with E-state index in [0.717, 1.165) is 31.4 Å². The van der Waals surface area contributed by atoms with E-state index in [4.69, 9.17) is 0 Å². The first-order valence-electron chi connectivity index (χ1n) is 6.00. The zero-order valence-corrected chi connectivity index (χ0v) is 11.6. The number of benzene rings is 1. The number of carbonyl (C=O) groups is 1. The molecular formula is C13H13BrF3NO. The Morgan fingerprint density at radius 2 is 2.05 bits per heavy atom. The molecule has 2 atom stereocenters. The minimum Gasteiger partial charge on any atom is -0.348 e. The number of halogens is 4. The van der Waals surface area contributed by atoms with Crippen LogP contribution in [0.25, 0.3) is 0 Å². The zero-order valence-electron chi connectivity index (χ0n) is 10.0. The quantitative estimate of drug-likeness (QED) is 0.819. The average Bonchev–Trinajstić information content (AvgIpc) is 2.74. The van der Waals surface area contributed by atoms with Crippen LogP contribution >= 0.6 is 15.9 Å². The van der Waals surface area contributed by atoms with E-state index < -0.39 is 17.6 Å². The van der Waals surface area contributed by atoms with Crippen LogP contribution in [-0.2, 0) is 6.18 Å². The van der Waals surface area contributed by atoms with Gasteiger partial charge >= 0.3 is 6.18 Å². The Morgan fingerprint density at radius 3 is 2.63 bits per heavy atom. The van der Waals surface area contributed by atoms with Gasteiger partial charge in [-0.2, -0.15) is 13.2 Å². The molecule has 1 saturated carbocycles. The standard InChI is InChI=1S/C13H13BrF3NO/c14-10-5-2-6-11(10)18-12(19)8-3-1-4-9(7-8)13(15,16)17/h1,3-4,7,10-11H,2,5-6H2,(H,18,19). The predicted molar refractivity (Wildman–Crippen MR) is 69.3 cm³/mol. The molecule has 2 unspecified atom stereocenters. The van der Waals surface area contributed by atoms with Crippen LogP contribution in [0.2, 0.25) is 0 Å². The van der Waals surface area contributed by atoms with Crippen molar-refractivity contribution in [2.75, 3.05) is 0 Å². The highest BCUT2D eigenvalue weighted by molar-refractivity contribution is 9.09. The second-order valence-corrected chi connectivity index (χ2v) is 5.78. The number of hydrogen-bond donors (Lipinski definition) is 1. The fourth-order valence-electron chi connectivity index (χ4n) is 2.17. The molecule has 1 fully saturated rings. The van der Waals surface area contributed by atoms with Crippen molar-refractivity contribution in [2.45, 2.75) is 36.3 Å². The summed E-state index contributed by atoms with van der Waals surface area (Å²) in [5.74, 6) is -0.456. The molecule has 0 spiro atoms. The molecule has 0 saturated heterocycles. The molecule has 0 aliphatic heterocycles. The van der Waals surface area contributed by atoms with E-state index in [1.165, 1.54) is 12.1 Å². The molecule has 0 radical (unpaired) electrons. The van der Waals surface area contributed by atoms with Crippen LogP contribution < -0.4 is 5.32 Å². The summed E-state index contributed by atoms with van der Waals surface area (Å²) in [6.45, 7) is 0. The van der Waals surface area contributed by atoms with Gasteiger partial charge in [-0.3, -0.25) is 4.79 Å². The molecule has 0 heterocycles. The van der Waals surface area contributed by atoms with E-state index >= 15 is 0 Å². The molecular weight excluding hydrogens is 323 g/mol. The van der Waals surface area contributed by atoms with Crippen molar-refractivity contribution < 1.29 is 18.0 Å². The number of alkyl halides is 4. The normalized spacial score (nSPS) is 23.4. The molecule has 1 aromatic rings. The van der Waals surface area contributed by atoms with Crippen LogP contribution in [0.3, 0.4) is 0 Å². The lowest BCUT2D eigenvalue weighted by Gasteiger charge is -2.16. The maximum absolute atomic E-state index is 12.6. The molecule has 1 N–H and O–H groups in total. The first-order chi connectivity index (χ1) is 8.88. The van der Waals surface area contributed by atoms with Gasteiger partial charge in [0, 0.05) is 16.4 Å². The number of nitrogens with one attached hydrogen (secondary N) is 1. The third-order valence-electron chi connectivity index (χ3n) is 3.20. The predicted octanol–water partition coefficient (Wildman–Crippen LogP) is 3.75. The molecule has 2 rings (SSSR count).